The molecule has 1 saturated heterocycles. The normalized spacial score (nSPS) is 15.7. The summed E-state index contributed by atoms with van der Waals surface area (Å²) in [5.41, 5.74) is 4.95. The maximum absolute atomic E-state index is 11.5. The number of nitrogens with zero attached hydrogens (tertiary/aromatic N) is 5. The monoisotopic (exact) mass is 779 g/mol. The zero-order valence-electron chi connectivity index (χ0n) is 34.3. The zero-order chi connectivity index (χ0) is 39.2. The van der Waals surface area contributed by atoms with Crippen LogP contribution < -0.4 is 0 Å². The van der Waals surface area contributed by atoms with E-state index in [1.807, 2.05) is 6.21 Å². The van der Waals surface area contributed by atoms with Gasteiger partial charge in [0, 0.05) is 58.7 Å². The summed E-state index contributed by atoms with van der Waals surface area (Å²) in [6, 6.07) is 8.45. The van der Waals surface area contributed by atoms with Crippen LogP contribution in [0.25, 0.3) is 0 Å². The summed E-state index contributed by atoms with van der Waals surface area (Å²) in [5, 5.41) is 36.6. The van der Waals surface area contributed by atoms with E-state index in [0.29, 0.717) is 12.3 Å². The summed E-state index contributed by atoms with van der Waals surface area (Å²) in [7, 11) is 2.22. The molecule has 0 spiro atoms. The maximum atomic E-state index is 11.5. The van der Waals surface area contributed by atoms with E-state index in [1.165, 1.54) is 29.9 Å². The number of guanidine groups is 1. The Bertz CT molecular complexity index is 1660. The van der Waals surface area contributed by atoms with Gasteiger partial charge in [0.15, 0.2) is 0 Å². The molecule has 297 valence electrons. The number of carboxylic acid groups (broad SMARTS) is 2. The van der Waals surface area contributed by atoms with Crippen LogP contribution in [-0.2, 0) is 39.4 Å². The van der Waals surface area contributed by atoms with Gasteiger partial charge >= 0.3 is 12.1 Å². The molecule has 0 aromatic heterocycles. The number of phenolic OH excluding ortho intramolecular Hbond substituents is 2. The smallest absolute Gasteiger partial charge is 0.503 e. The number of phenols is 2. The molecule has 2 aliphatic rings. The molecule has 1 radical (unpaired) electrons. The van der Waals surface area contributed by atoms with Crippen molar-refractivity contribution in [1.82, 2.24) is 9.80 Å². The predicted octanol–water partition coefficient (Wildman–Crippen LogP) is 7.87. The molecule has 0 saturated carbocycles. The van der Waals surface area contributed by atoms with Gasteiger partial charge in [-0.3, -0.25) is 24.4 Å². The number of aryl methyl sites for hydroxylation is 1. The van der Waals surface area contributed by atoms with E-state index >= 15 is 0 Å². The summed E-state index contributed by atoms with van der Waals surface area (Å²) in [5.74, 6) is 2.00. The van der Waals surface area contributed by atoms with Crippen molar-refractivity contribution in [2.24, 2.45) is 9.98 Å². The van der Waals surface area contributed by atoms with Crippen LogP contribution >= 0.6 is 0 Å². The van der Waals surface area contributed by atoms with Crippen molar-refractivity contribution in [2.45, 2.75) is 124 Å². The van der Waals surface area contributed by atoms with Crippen LogP contribution in [0.2, 0.25) is 0 Å². The molecule has 53 heavy (non-hydrogen) atoms. The molecule has 2 aliphatic heterocycles. The minimum absolute atomic E-state index is 0. The SMILES string of the molecule is C[N+]1=C2N(CCCc3cc(C(C)(C)C)cc(C=NCC(C)(C)N=Cc4cc(C(C)(C)C)cc(C(C)(C)C)c4O)c3O)CCCN2CCC1.O=C(O)O.[Co]. The van der Waals surface area contributed by atoms with Gasteiger partial charge < -0.3 is 20.4 Å². The van der Waals surface area contributed by atoms with Gasteiger partial charge in [-0.15, -0.1) is 0 Å². The first-order valence-electron chi connectivity index (χ1n) is 18.7. The van der Waals surface area contributed by atoms with Gasteiger partial charge in [-0.05, 0) is 71.8 Å². The number of aliphatic imine (C=N–C) groups is 2. The number of hydrogen-bond acceptors (Lipinski definition) is 7. The Balaban J connectivity index is 0.00000185. The van der Waals surface area contributed by atoms with E-state index in [1.54, 1.807) is 6.21 Å². The van der Waals surface area contributed by atoms with E-state index in [0.717, 1.165) is 67.8 Å². The fourth-order valence-corrected chi connectivity index (χ4v) is 6.67. The van der Waals surface area contributed by atoms with Crippen LogP contribution in [0.15, 0.2) is 34.3 Å². The zero-order valence-corrected chi connectivity index (χ0v) is 35.3. The van der Waals surface area contributed by atoms with Crippen LogP contribution in [0.4, 0.5) is 4.79 Å². The number of aromatic hydroxyl groups is 2. The maximum Gasteiger partial charge on any atom is 0.503 e. The Morgan fingerprint density at radius 3 is 1.91 bits per heavy atom. The molecule has 0 bridgehead atoms. The van der Waals surface area contributed by atoms with Crippen molar-refractivity contribution in [3.8, 4) is 11.5 Å². The second-order valence-electron chi connectivity index (χ2n) is 18.1. The number of hydrogen-bond donors (Lipinski definition) is 4. The van der Waals surface area contributed by atoms with Crippen LogP contribution in [0.5, 0.6) is 11.5 Å². The minimum atomic E-state index is -1.83. The van der Waals surface area contributed by atoms with E-state index < -0.39 is 11.7 Å². The Morgan fingerprint density at radius 1 is 0.792 bits per heavy atom. The molecule has 0 amide bonds. The van der Waals surface area contributed by atoms with Gasteiger partial charge in [0.25, 0.3) is 0 Å². The molecule has 2 aromatic rings. The number of rotatable bonds is 9. The molecule has 2 heterocycles. The molecule has 2 aromatic carbocycles. The van der Waals surface area contributed by atoms with Gasteiger partial charge in [0.2, 0.25) is 0 Å². The second-order valence-corrected chi connectivity index (χ2v) is 18.1. The average molecular weight is 780 g/mol. The Hall–Kier alpha value is -3.57. The third-order valence-electron chi connectivity index (χ3n) is 9.72. The number of benzene rings is 2. The molecular formula is C42H66CoN5O5+. The van der Waals surface area contributed by atoms with Gasteiger partial charge in [0.05, 0.1) is 51.9 Å². The molecule has 1 fully saturated rings. The van der Waals surface area contributed by atoms with E-state index in [4.69, 9.17) is 25.0 Å². The Labute approximate surface area is 329 Å². The van der Waals surface area contributed by atoms with Crippen LogP contribution in [0, 0.1) is 0 Å². The summed E-state index contributed by atoms with van der Waals surface area (Å²) >= 11 is 0. The molecule has 4 rings (SSSR count). The fraction of sp³-hybridized carbons (Fsp3) is 0.619. The number of fused-ring (bicyclic) bond motifs is 1. The first-order valence-corrected chi connectivity index (χ1v) is 18.7. The molecule has 4 N–H and O–H groups in total. The van der Waals surface area contributed by atoms with Crippen LogP contribution in [0.3, 0.4) is 0 Å². The summed E-state index contributed by atoms with van der Waals surface area (Å²) in [4.78, 5) is 23.4. The quantitative estimate of drug-likeness (QED) is 0.151. The third kappa shape index (κ3) is 13.1. The molecule has 11 heteroatoms. The Morgan fingerprint density at radius 2 is 1.34 bits per heavy atom. The summed E-state index contributed by atoms with van der Waals surface area (Å²) < 4.78 is 2.41. The van der Waals surface area contributed by atoms with Crippen molar-refractivity contribution in [2.75, 3.05) is 46.3 Å². The van der Waals surface area contributed by atoms with Gasteiger partial charge in [-0.1, -0.05) is 74.4 Å². The largest absolute Gasteiger partial charge is 0.507 e. The molecular weight excluding hydrogens is 713 g/mol. The molecule has 0 unspecified atom stereocenters. The Kier molecular flexibility index (Phi) is 15.6. The van der Waals surface area contributed by atoms with Crippen molar-refractivity contribution in [1.29, 1.82) is 0 Å². The van der Waals surface area contributed by atoms with Gasteiger partial charge in [0.1, 0.15) is 11.5 Å². The number of carbonyl (C=O) groups is 1. The summed E-state index contributed by atoms with van der Waals surface area (Å²) in [6.07, 6.45) is 6.00. The topological polar surface area (TPSA) is 132 Å². The standard InChI is InChI=1S/C41H63N5O2.CH2O3.Co/c1-38(2,3)32-22-29(16-13-18-45-20-15-21-46-19-14-17-44(12)37(45)46)35(47)30(23-32)26-42-28-41(10,11)43-27-31-24-33(39(4,5)6)25-34(36(31)48)40(7,8)9;2-1(3)4;/h22-27H,13-21,28H2,1-12H3,(H-,42,43,47,48);(H2,2,3,4);/p+1. The van der Waals surface area contributed by atoms with Crippen molar-refractivity contribution >= 4 is 24.5 Å². The van der Waals surface area contributed by atoms with Crippen molar-refractivity contribution < 1.29 is 46.6 Å². The predicted molar refractivity (Wildman–Crippen MR) is 214 cm³/mol. The fourth-order valence-electron chi connectivity index (χ4n) is 6.67. The van der Waals surface area contributed by atoms with Crippen molar-refractivity contribution in [3.05, 3.63) is 57.6 Å². The first kappa shape index (κ1) is 45.6. The van der Waals surface area contributed by atoms with E-state index in [-0.39, 0.29) is 38.8 Å². The van der Waals surface area contributed by atoms with E-state index in [2.05, 4.69) is 122 Å². The van der Waals surface area contributed by atoms with Crippen molar-refractivity contribution in [3.63, 3.8) is 0 Å². The van der Waals surface area contributed by atoms with Gasteiger partial charge in [-0.25, -0.2) is 4.79 Å². The van der Waals surface area contributed by atoms with Gasteiger partial charge in [-0.2, -0.15) is 0 Å². The molecule has 0 atom stereocenters. The second kappa shape index (κ2) is 18.2. The van der Waals surface area contributed by atoms with E-state index in [9.17, 15) is 10.2 Å². The minimum Gasteiger partial charge on any atom is -0.507 e. The average Bonchev–Trinajstić information content (AvgIpc) is 3.00. The molecule has 10 nitrogen and oxygen atoms in total. The molecule has 0 aliphatic carbocycles. The first-order chi connectivity index (χ1) is 23.9. The van der Waals surface area contributed by atoms with Crippen LogP contribution in [0.1, 0.15) is 129 Å². The van der Waals surface area contributed by atoms with Crippen LogP contribution in [-0.4, -0.2) is 111 Å². The third-order valence-corrected chi connectivity index (χ3v) is 9.72. The summed E-state index contributed by atoms with van der Waals surface area (Å²) in [6.45, 7) is 29.7.